The van der Waals surface area contributed by atoms with Crippen molar-refractivity contribution >= 4 is 44.3 Å². The fourth-order valence-electron chi connectivity index (χ4n) is 4.26. The van der Waals surface area contributed by atoms with Crippen molar-refractivity contribution in [1.82, 2.24) is 14.8 Å². The molecule has 1 fully saturated rings. The molecule has 2 N–H and O–H groups in total. The predicted molar refractivity (Wildman–Crippen MR) is 121 cm³/mol. The minimum Gasteiger partial charge on any atom is -0.363 e. The summed E-state index contributed by atoms with van der Waals surface area (Å²) >= 11 is 3.39. The lowest BCUT2D eigenvalue weighted by molar-refractivity contribution is -0.385. The molecule has 2 amide bonds. The quantitative estimate of drug-likeness (QED) is 0.397. The second-order valence-electron chi connectivity index (χ2n) is 8.01. The number of nitrogens with one attached hydrogen (secondary N) is 1. The third-order valence-corrected chi connectivity index (χ3v) is 6.92. The normalized spacial score (nSPS) is 21.2. The van der Waals surface area contributed by atoms with Gasteiger partial charge in [0.2, 0.25) is 17.4 Å². The van der Waals surface area contributed by atoms with Gasteiger partial charge in [-0.2, -0.15) is 4.39 Å². The van der Waals surface area contributed by atoms with E-state index in [1.165, 1.54) is 26.4 Å². The van der Waals surface area contributed by atoms with Crippen molar-refractivity contribution < 1.29 is 24.0 Å². The van der Waals surface area contributed by atoms with Crippen LogP contribution in [0.1, 0.15) is 11.1 Å². The largest absolute Gasteiger partial charge is 0.363 e. The molecular weight excluding hydrogens is 499 g/mol. The third kappa shape index (κ3) is 3.66. The average Bonchev–Trinajstić information content (AvgIpc) is 3.18. The number of amides is 2. The average molecular weight is 519 g/mol. The Labute approximate surface area is 196 Å². The zero-order valence-corrected chi connectivity index (χ0v) is 19.3. The standard InChI is InChI=1S/C22H20BrFN4O5/c1-26-17(9-13-11-25-16-8-7-15(24)19(18(13)16)28(32)33)20(29)27(2)22(31,21(26)30)10-12-5-3-4-6-14(12)23/h3-8,11,17,25,31H,9-10H2,1-2H3/t17-,22+/m0/s1. The molecular formula is C22H20BrFN4O5. The number of nitro benzene ring substituents is 1. The smallest absolute Gasteiger partial charge is 0.314 e. The highest BCUT2D eigenvalue weighted by molar-refractivity contribution is 9.10. The van der Waals surface area contributed by atoms with Crippen molar-refractivity contribution in [2.75, 3.05) is 14.1 Å². The lowest BCUT2D eigenvalue weighted by atomic mass is 9.92. The van der Waals surface area contributed by atoms with Crippen LogP contribution < -0.4 is 0 Å². The maximum absolute atomic E-state index is 14.2. The SMILES string of the molecule is CN1C(=O)[C@](O)(Cc2ccccc2Br)N(C)C(=O)[C@@H]1Cc1c[nH]c2ccc(F)c([N+](=O)[O-])c12. The molecule has 1 saturated heterocycles. The first kappa shape index (κ1) is 22.9. The number of benzene rings is 2. The number of carbonyl (C=O) groups is 2. The topological polar surface area (TPSA) is 120 Å². The molecule has 3 aromatic rings. The van der Waals surface area contributed by atoms with Gasteiger partial charge in [-0.1, -0.05) is 34.1 Å². The minimum atomic E-state index is -2.11. The molecule has 0 aliphatic carbocycles. The van der Waals surface area contributed by atoms with Gasteiger partial charge in [0.05, 0.1) is 15.8 Å². The van der Waals surface area contributed by atoms with Gasteiger partial charge < -0.3 is 19.9 Å². The van der Waals surface area contributed by atoms with E-state index in [0.717, 1.165) is 15.9 Å². The Balaban J connectivity index is 1.69. The summed E-state index contributed by atoms with van der Waals surface area (Å²) in [5.74, 6) is -2.22. The highest BCUT2D eigenvalue weighted by atomic mass is 79.9. The fourth-order valence-corrected chi connectivity index (χ4v) is 4.69. The van der Waals surface area contributed by atoms with Crippen molar-refractivity contribution in [3.05, 3.63) is 74.1 Å². The lowest BCUT2D eigenvalue weighted by Crippen LogP contribution is -2.71. The minimum absolute atomic E-state index is 0.0466. The number of fused-ring (bicyclic) bond motifs is 1. The second kappa shape index (κ2) is 8.23. The van der Waals surface area contributed by atoms with Gasteiger partial charge in [0, 0.05) is 37.6 Å². The summed E-state index contributed by atoms with van der Waals surface area (Å²) in [5.41, 5.74) is -1.50. The number of likely N-dealkylation sites (N-methyl/N-ethyl adjacent to an activating group) is 2. The lowest BCUT2D eigenvalue weighted by Gasteiger charge is -2.47. The molecule has 2 atom stereocenters. The molecule has 0 saturated carbocycles. The maximum atomic E-state index is 14.2. The molecule has 1 aliphatic rings. The summed E-state index contributed by atoms with van der Waals surface area (Å²) in [7, 11) is 2.74. The van der Waals surface area contributed by atoms with Gasteiger partial charge in [-0.3, -0.25) is 19.7 Å². The van der Waals surface area contributed by atoms with Crippen LogP contribution in [0.3, 0.4) is 0 Å². The van der Waals surface area contributed by atoms with Crippen LogP contribution in [0.2, 0.25) is 0 Å². The molecule has 1 aromatic heterocycles. The van der Waals surface area contributed by atoms with Gasteiger partial charge in [0.15, 0.2) is 0 Å². The van der Waals surface area contributed by atoms with E-state index < -0.39 is 40.0 Å². The van der Waals surface area contributed by atoms with Gasteiger partial charge in [-0.15, -0.1) is 0 Å². The molecule has 0 bridgehead atoms. The maximum Gasteiger partial charge on any atom is 0.314 e. The van der Waals surface area contributed by atoms with Crippen LogP contribution in [-0.2, 0) is 22.4 Å². The van der Waals surface area contributed by atoms with Crippen LogP contribution in [0.5, 0.6) is 0 Å². The summed E-state index contributed by atoms with van der Waals surface area (Å²) in [6, 6.07) is 8.39. The summed E-state index contributed by atoms with van der Waals surface area (Å²) in [6.45, 7) is 0. The number of aromatic amines is 1. The summed E-state index contributed by atoms with van der Waals surface area (Å²) in [6.07, 6.45) is 1.24. The number of piperazine rings is 1. The Morgan fingerprint density at radius 3 is 2.58 bits per heavy atom. The van der Waals surface area contributed by atoms with Crippen LogP contribution in [0, 0.1) is 15.9 Å². The number of carbonyl (C=O) groups excluding carboxylic acids is 2. The molecule has 172 valence electrons. The summed E-state index contributed by atoms with van der Waals surface area (Å²) in [5, 5.41) is 22.8. The molecule has 0 radical (unpaired) electrons. The number of nitro groups is 1. The Kier molecular flexibility index (Phi) is 5.71. The van der Waals surface area contributed by atoms with E-state index in [9.17, 15) is 29.2 Å². The summed E-state index contributed by atoms with van der Waals surface area (Å²) in [4.78, 5) is 42.2. The molecule has 0 spiro atoms. The van der Waals surface area contributed by atoms with Crippen LogP contribution in [0.25, 0.3) is 10.9 Å². The zero-order chi connectivity index (χ0) is 24.1. The van der Waals surface area contributed by atoms with Crippen molar-refractivity contribution in [2.45, 2.75) is 24.6 Å². The molecule has 33 heavy (non-hydrogen) atoms. The van der Waals surface area contributed by atoms with Crippen LogP contribution in [0.4, 0.5) is 10.1 Å². The monoisotopic (exact) mass is 518 g/mol. The number of aromatic nitrogens is 1. The molecule has 0 unspecified atom stereocenters. The number of hydrogen-bond acceptors (Lipinski definition) is 5. The zero-order valence-electron chi connectivity index (χ0n) is 17.7. The third-order valence-electron chi connectivity index (χ3n) is 6.14. The number of halogens is 2. The Morgan fingerprint density at radius 1 is 1.21 bits per heavy atom. The van der Waals surface area contributed by atoms with E-state index in [2.05, 4.69) is 20.9 Å². The number of H-pyrrole nitrogens is 1. The first-order valence-corrected chi connectivity index (χ1v) is 10.8. The molecule has 2 aromatic carbocycles. The van der Waals surface area contributed by atoms with Gasteiger partial charge in [0.1, 0.15) is 6.04 Å². The van der Waals surface area contributed by atoms with Gasteiger partial charge >= 0.3 is 5.69 Å². The van der Waals surface area contributed by atoms with Gasteiger partial charge in [0.25, 0.3) is 5.91 Å². The number of aliphatic hydroxyl groups is 1. The first-order chi connectivity index (χ1) is 15.6. The highest BCUT2D eigenvalue weighted by Crippen LogP contribution is 2.35. The Hall–Kier alpha value is -3.31. The van der Waals surface area contributed by atoms with E-state index >= 15 is 0 Å². The van der Waals surface area contributed by atoms with Crippen LogP contribution in [-0.4, -0.2) is 62.5 Å². The van der Waals surface area contributed by atoms with Crippen molar-refractivity contribution in [1.29, 1.82) is 0 Å². The van der Waals surface area contributed by atoms with E-state index in [-0.39, 0.29) is 18.2 Å². The number of nitrogens with zero attached hydrogens (tertiary/aromatic N) is 3. The van der Waals surface area contributed by atoms with Crippen molar-refractivity contribution in [3.8, 4) is 0 Å². The fraction of sp³-hybridized carbons (Fsp3) is 0.273. The molecule has 4 rings (SSSR count). The van der Waals surface area contributed by atoms with E-state index in [1.807, 2.05) is 0 Å². The Morgan fingerprint density at radius 2 is 1.91 bits per heavy atom. The number of hydrogen-bond donors (Lipinski definition) is 2. The molecule has 2 heterocycles. The predicted octanol–water partition coefficient (Wildman–Crippen LogP) is 2.75. The molecule has 9 nitrogen and oxygen atoms in total. The van der Waals surface area contributed by atoms with E-state index in [0.29, 0.717) is 21.1 Å². The Bertz CT molecular complexity index is 1300. The summed E-state index contributed by atoms with van der Waals surface area (Å²) < 4.78 is 14.9. The van der Waals surface area contributed by atoms with Gasteiger partial charge in [-0.05, 0) is 29.3 Å². The van der Waals surface area contributed by atoms with Gasteiger partial charge in [-0.25, -0.2) is 0 Å². The molecule has 11 heteroatoms. The van der Waals surface area contributed by atoms with E-state index in [1.54, 1.807) is 24.3 Å². The van der Waals surface area contributed by atoms with Crippen LogP contribution in [0.15, 0.2) is 47.1 Å². The van der Waals surface area contributed by atoms with E-state index in [4.69, 9.17) is 0 Å². The van der Waals surface area contributed by atoms with Crippen LogP contribution >= 0.6 is 15.9 Å². The first-order valence-electron chi connectivity index (χ1n) is 9.99. The number of rotatable bonds is 5. The van der Waals surface area contributed by atoms with Crippen molar-refractivity contribution in [3.63, 3.8) is 0 Å². The van der Waals surface area contributed by atoms with Crippen molar-refractivity contribution in [2.24, 2.45) is 0 Å². The highest BCUT2D eigenvalue weighted by Gasteiger charge is 2.53. The molecule has 1 aliphatic heterocycles. The second-order valence-corrected chi connectivity index (χ2v) is 8.86.